The van der Waals surface area contributed by atoms with Crippen LogP contribution in [0.25, 0.3) is 0 Å². The lowest BCUT2D eigenvalue weighted by Crippen LogP contribution is -2.43. The fourth-order valence-electron chi connectivity index (χ4n) is 2.05. The summed E-state index contributed by atoms with van der Waals surface area (Å²) in [5, 5.41) is 3.14. The molecule has 2 unspecified atom stereocenters. The first-order chi connectivity index (χ1) is 7.63. The van der Waals surface area contributed by atoms with E-state index in [9.17, 15) is 4.79 Å². The average Bonchev–Trinajstić information content (AvgIpc) is 2.26. The summed E-state index contributed by atoms with van der Waals surface area (Å²) in [5.74, 6) is 2.97. The van der Waals surface area contributed by atoms with Crippen molar-refractivity contribution in [3.05, 3.63) is 0 Å². The van der Waals surface area contributed by atoms with Gasteiger partial charge < -0.3 is 11.1 Å². The molecule has 1 amide bonds. The van der Waals surface area contributed by atoms with Crippen molar-refractivity contribution < 1.29 is 4.79 Å². The summed E-state index contributed by atoms with van der Waals surface area (Å²) in [5.41, 5.74) is 5.66. The van der Waals surface area contributed by atoms with Gasteiger partial charge in [-0.05, 0) is 30.9 Å². The van der Waals surface area contributed by atoms with Gasteiger partial charge in [0.25, 0.3) is 0 Å². The lowest BCUT2D eigenvalue weighted by Gasteiger charge is -2.25. The minimum Gasteiger partial charge on any atom is -0.352 e. The largest absolute Gasteiger partial charge is 0.352 e. The van der Waals surface area contributed by atoms with Crippen LogP contribution in [0.2, 0.25) is 0 Å². The molecule has 0 spiro atoms. The molecule has 94 valence electrons. The van der Waals surface area contributed by atoms with E-state index in [-0.39, 0.29) is 11.8 Å². The Hall–Kier alpha value is -0.220. The standard InChI is InChI=1S/C12H24N2OS/c1-9(2)6-10(7-13)12(15)14-11-4-3-5-16-8-11/h9-11H,3-8,13H2,1-2H3,(H,14,15). The van der Waals surface area contributed by atoms with Crippen LogP contribution in [-0.2, 0) is 4.79 Å². The number of amides is 1. The molecule has 1 aliphatic rings. The Morgan fingerprint density at radius 1 is 1.56 bits per heavy atom. The van der Waals surface area contributed by atoms with E-state index in [1.165, 1.54) is 12.2 Å². The summed E-state index contributed by atoms with van der Waals surface area (Å²) in [6, 6.07) is 0.368. The number of thioether (sulfide) groups is 1. The van der Waals surface area contributed by atoms with E-state index in [2.05, 4.69) is 19.2 Å². The normalized spacial score (nSPS) is 23.1. The Balaban J connectivity index is 2.35. The molecule has 1 aliphatic heterocycles. The Kier molecular flexibility index (Phi) is 6.21. The number of carbonyl (C=O) groups excluding carboxylic acids is 1. The van der Waals surface area contributed by atoms with Gasteiger partial charge in [0, 0.05) is 18.3 Å². The number of hydrogen-bond donors (Lipinski definition) is 2. The second-order valence-corrected chi connectivity index (χ2v) is 6.13. The summed E-state index contributed by atoms with van der Waals surface area (Å²) >= 11 is 1.93. The Morgan fingerprint density at radius 2 is 2.31 bits per heavy atom. The molecule has 1 fully saturated rings. The highest BCUT2D eigenvalue weighted by Crippen LogP contribution is 2.18. The van der Waals surface area contributed by atoms with Gasteiger partial charge in [-0.3, -0.25) is 4.79 Å². The van der Waals surface area contributed by atoms with E-state index in [4.69, 9.17) is 5.73 Å². The van der Waals surface area contributed by atoms with Gasteiger partial charge in [0.2, 0.25) is 5.91 Å². The first-order valence-corrected chi connectivity index (χ1v) is 7.37. The summed E-state index contributed by atoms with van der Waals surface area (Å²) in [6.45, 7) is 4.72. The number of rotatable bonds is 5. The topological polar surface area (TPSA) is 55.1 Å². The number of hydrogen-bond acceptors (Lipinski definition) is 3. The van der Waals surface area contributed by atoms with Crippen LogP contribution < -0.4 is 11.1 Å². The summed E-state index contributed by atoms with van der Waals surface area (Å²) in [7, 11) is 0. The average molecular weight is 244 g/mol. The van der Waals surface area contributed by atoms with Gasteiger partial charge in [-0.1, -0.05) is 13.8 Å². The van der Waals surface area contributed by atoms with E-state index >= 15 is 0 Å². The molecule has 0 aromatic heterocycles. The maximum Gasteiger partial charge on any atom is 0.224 e. The second kappa shape index (κ2) is 7.17. The highest BCUT2D eigenvalue weighted by molar-refractivity contribution is 7.99. The van der Waals surface area contributed by atoms with Gasteiger partial charge in [0.15, 0.2) is 0 Å². The van der Waals surface area contributed by atoms with Crippen molar-refractivity contribution in [2.45, 2.75) is 39.2 Å². The molecular weight excluding hydrogens is 220 g/mol. The maximum atomic E-state index is 12.0. The first-order valence-electron chi connectivity index (χ1n) is 6.21. The molecule has 0 aromatic rings. The predicted octanol–water partition coefficient (Wildman–Crippen LogP) is 1.62. The molecule has 0 aromatic carbocycles. The van der Waals surface area contributed by atoms with E-state index < -0.39 is 0 Å². The molecule has 16 heavy (non-hydrogen) atoms. The summed E-state index contributed by atoms with van der Waals surface area (Å²) in [4.78, 5) is 12.0. The third-order valence-electron chi connectivity index (χ3n) is 2.92. The lowest BCUT2D eigenvalue weighted by molar-refractivity contribution is -0.125. The Labute approximate surface area is 103 Å². The van der Waals surface area contributed by atoms with E-state index in [1.807, 2.05) is 11.8 Å². The molecule has 3 N–H and O–H groups in total. The van der Waals surface area contributed by atoms with Gasteiger partial charge in [-0.15, -0.1) is 0 Å². The van der Waals surface area contributed by atoms with E-state index in [1.54, 1.807) is 0 Å². The molecule has 1 heterocycles. The zero-order valence-corrected chi connectivity index (χ0v) is 11.2. The van der Waals surface area contributed by atoms with Crippen molar-refractivity contribution in [1.82, 2.24) is 5.32 Å². The zero-order chi connectivity index (χ0) is 12.0. The van der Waals surface area contributed by atoms with Gasteiger partial charge in [0.1, 0.15) is 0 Å². The van der Waals surface area contributed by atoms with Crippen LogP contribution in [0, 0.1) is 11.8 Å². The predicted molar refractivity (Wildman–Crippen MR) is 70.5 cm³/mol. The Bertz CT molecular complexity index is 215. The third-order valence-corrected chi connectivity index (χ3v) is 4.13. The molecule has 0 aliphatic carbocycles. The molecule has 1 rings (SSSR count). The van der Waals surface area contributed by atoms with E-state index in [0.29, 0.717) is 18.5 Å². The number of nitrogens with one attached hydrogen (secondary N) is 1. The second-order valence-electron chi connectivity index (χ2n) is 4.98. The first kappa shape index (κ1) is 13.8. The quantitative estimate of drug-likeness (QED) is 0.772. The van der Waals surface area contributed by atoms with Crippen LogP contribution in [0.5, 0.6) is 0 Å². The number of carbonyl (C=O) groups is 1. The van der Waals surface area contributed by atoms with Gasteiger partial charge >= 0.3 is 0 Å². The fraction of sp³-hybridized carbons (Fsp3) is 0.917. The molecule has 4 heteroatoms. The summed E-state index contributed by atoms with van der Waals surface area (Å²) < 4.78 is 0. The molecule has 0 radical (unpaired) electrons. The van der Waals surface area contributed by atoms with Crippen molar-refractivity contribution in [2.24, 2.45) is 17.6 Å². The third kappa shape index (κ3) is 4.74. The molecular formula is C12H24N2OS. The lowest BCUT2D eigenvalue weighted by atomic mass is 9.96. The van der Waals surface area contributed by atoms with Crippen molar-refractivity contribution >= 4 is 17.7 Å². The monoisotopic (exact) mass is 244 g/mol. The molecule has 0 bridgehead atoms. The molecule has 3 nitrogen and oxygen atoms in total. The van der Waals surface area contributed by atoms with Crippen molar-refractivity contribution in [2.75, 3.05) is 18.1 Å². The van der Waals surface area contributed by atoms with Crippen molar-refractivity contribution in [1.29, 1.82) is 0 Å². The maximum absolute atomic E-state index is 12.0. The molecule has 2 atom stereocenters. The van der Waals surface area contributed by atoms with Crippen molar-refractivity contribution in [3.8, 4) is 0 Å². The molecule has 1 saturated heterocycles. The minimum atomic E-state index is -0.00748. The zero-order valence-electron chi connectivity index (χ0n) is 10.4. The minimum absolute atomic E-state index is 0.00748. The summed E-state index contributed by atoms with van der Waals surface area (Å²) in [6.07, 6.45) is 3.23. The van der Waals surface area contributed by atoms with Crippen LogP contribution in [0.3, 0.4) is 0 Å². The highest BCUT2D eigenvalue weighted by Gasteiger charge is 2.22. The highest BCUT2D eigenvalue weighted by atomic mass is 32.2. The Morgan fingerprint density at radius 3 is 2.81 bits per heavy atom. The van der Waals surface area contributed by atoms with Crippen LogP contribution in [0.4, 0.5) is 0 Å². The van der Waals surface area contributed by atoms with Gasteiger partial charge in [-0.25, -0.2) is 0 Å². The van der Waals surface area contributed by atoms with Crippen LogP contribution in [0.15, 0.2) is 0 Å². The fourth-order valence-corrected chi connectivity index (χ4v) is 3.12. The smallest absolute Gasteiger partial charge is 0.224 e. The van der Waals surface area contributed by atoms with Crippen molar-refractivity contribution in [3.63, 3.8) is 0 Å². The number of nitrogens with two attached hydrogens (primary N) is 1. The van der Waals surface area contributed by atoms with Crippen LogP contribution in [-0.4, -0.2) is 30.0 Å². The van der Waals surface area contributed by atoms with Crippen LogP contribution in [0.1, 0.15) is 33.1 Å². The van der Waals surface area contributed by atoms with E-state index in [0.717, 1.165) is 18.6 Å². The van der Waals surface area contributed by atoms with Gasteiger partial charge in [0.05, 0.1) is 5.92 Å². The molecule has 0 saturated carbocycles. The SMILES string of the molecule is CC(C)CC(CN)C(=O)NC1CCCSC1. The van der Waals surface area contributed by atoms with Crippen LogP contribution >= 0.6 is 11.8 Å². The van der Waals surface area contributed by atoms with Gasteiger partial charge in [-0.2, -0.15) is 11.8 Å².